The summed E-state index contributed by atoms with van der Waals surface area (Å²) in [7, 11) is 1.85. The molecule has 0 saturated heterocycles. The van der Waals surface area contributed by atoms with Gasteiger partial charge in [0.05, 0.1) is 11.4 Å². The molecule has 0 unspecified atom stereocenters. The molecule has 2 aromatic heterocycles. The van der Waals surface area contributed by atoms with Crippen molar-refractivity contribution in [2.45, 2.75) is 6.92 Å². The zero-order chi connectivity index (χ0) is 12.4. The third kappa shape index (κ3) is 2.56. The number of aryl methyl sites for hydroxylation is 2. The molecule has 0 saturated carbocycles. The molecule has 2 rings (SSSR count). The molecule has 0 aromatic carbocycles. The first-order valence-electron chi connectivity index (χ1n) is 4.96. The lowest BCUT2D eigenvalue weighted by Crippen LogP contribution is -2.12. The van der Waals surface area contributed by atoms with Crippen LogP contribution >= 0.6 is 12.2 Å². The second-order valence-corrected chi connectivity index (χ2v) is 4.00. The quantitative estimate of drug-likeness (QED) is 0.785. The van der Waals surface area contributed by atoms with E-state index in [1.807, 2.05) is 20.2 Å². The summed E-state index contributed by atoms with van der Waals surface area (Å²) in [6.07, 6.45) is 3.46. The molecule has 0 bridgehead atoms. The van der Waals surface area contributed by atoms with E-state index in [2.05, 4.69) is 20.4 Å². The van der Waals surface area contributed by atoms with Crippen molar-refractivity contribution < 1.29 is 0 Å². The lowest BCUT2D eigenvalue weighted by Gasteiger charge is -2.04. The zero-order valence-electron chi connectivity index (χ0n) is 9.51. The smallest absolute Gasteiger partial charge is 0.227 e. The number of nitrogens with two attached hydrogens (primary N) is 1. The maximum Gasteiger partial charge on any atom is 0.227 e. The average molecular weight is 248 g/mol. The van der Waals surface area contributed by atoms with Crippen LogP contribution in [-0.2, 0) is 7.05 Å². The number of nitrogens with one attached hydrogen (secondary N) is 1. The van der Waals surface area contributed by atoms with E-state index in [1.165, 1.54) is 0 Å². The first kappa shape index (κ1) is 11.5. The minimum Gasteiger partial charge on any atom is -0.388 e. The van der Waals surface area contributed by atoms with Gasteiger partial charge >= 0.3 is 0 Å². The van der Waals surface area contributed by atoms with E-state index in [1.54, 1.807) is 16.9 Å². The Morgan fingerprint density at radius 3 is 2.88 bits per heavy atom. The Labute approximate surface area is 104 Å². The van der Waals surface area contributed by atoms with Crippen molar-refractivity contribution in [2.75, 3.05) is 5.32 Å². The lowest BCUT2D eigenvalue weighted by molar-refractivity contribution is 0.756. The van der Waals surface area contributed by atoms with E-state index in [0.717, 1.165) is 11.4 Å². The Hall–Kier alpha value is -2.02. The van der Waals surface area contributed by atoms with Gasteiger partial charge in [0.2, 0.25) is 5.95 Å². The Bertz CT molecular complexity index is 562. The minimum absolute atomic E-state index is 0.248. The molecule has 0 aliphatic carbocycles. The average Bonchev–Trinajstić information content (AvgIpc) is 2.58. The lowest BCUT2D eigenvalue weighted by atomic mass is 10.4. The Morgan fingerprint density at radius 2 is 2.29 bits per heavy atom. The third-order valence-corrected chi connectivity index (χ3v) is 2.38. The highest BCUT2D eigenvalue weighted by molar-refractivity contribution is 7.80. The van der Waals surface area contributed by atoms with Crippen LogP contribution in [0.25, 0.3) is 0 Å². The monoisotopic (exact) mass is 248 g/mol. The van der Waals surface area contributed by atoms with Gasteiger partial charge < -0.3 is 11.1 Å². The van der Waals surface area contributed by atoms with Crippen LogP contribution in [-0.4, -0.2) is 24.7 Å². The van der Waals surface area contributed by atoms with Crippen LogP contribution in [0.3, 0.4) is 0 Å². The maximum absolute atomic E-state index is 5.51. The Balaban J connectivity index is 2.27. The molecule has 0 spiro atoms. The van der Waals surface area contributed by atoms with Crippen molar-refractivity contribution >= 4 is 28.8 Å². The highest BCUT2D eigenvalue weighted by Gasteiger charge is 2.06. The molecule has 0 amide bonds. The van der Waals surface area contributed by atoms with Gasteiger partial charge in [-0.05, 0) is 13.0 Å². The van der Waals surface area contributed by atoms with Crippen molar-refractivity contribution in [1.82, 2.24) is 19.7 Å². The van der Waals surface area contributed by atoms with Gasteiger partial charge in [0.25, 0.3) is 0 Å². The summed E-state index contributed by atoms with van der Waals surface area (Å²) in [6.45, 7) is 1.90. The van der Waals surface area contributed by atoms with Gasteiger partial charge in [-0.25, -0.2) is 9.97 Å². The molecule has 0 aliphatic rings. The Kier molecular flexibility index (Phi) is 3.01. The summed E-state index contributed by atoms with van der Waals surface area (Å²) >= 11 is 4.86. The molecular formula is C10H12N6S. The second-order valence-electron chi connectivity index (χ2n) is 3.56. The Morgan fingerprint density at radius 1 is 1.53 bits per heavy atom. The van der Waals surface area contributed by atoms with Crippen molar-refractivity contribution in [3.8, 4) is 0 Å². The minimum atomic E-state index is 0.248. The molecule has 2 heterocycles. The summed E-state index contributed by atoms with van der Waals surface area (Å²) in [5.74, 6) is 0.450. The van der Waals surface area contributed by atoms with Crippen molar-refractivity contribution in [3.05, 3.63) is 29.8 Å². The largest absolute Gasteiger partial charge is 0.388 e. The van der Waals surface area contributed by atoms with E-state index in [-0.39, 0.29) is 4.99 Å². The van der Waals surface area contributed by atoms with Gasteiger partial charge in [0.15, 0.2) is 0 Å². The number of nitrogens with zero attached hydrogens (tertiary/aromatic N) is 4. The van der Waals surface area contributed by atoms with Gasteiger partial charge in [-0.1, -0.05) is 12.2 Å². The molecule has 0 atom stereocenters. The first-order chi connectivity index (χ1) is 8.06. The van der Waals surface area contributed by atoms with Gasteiger partial charge in [0.1, 0.15) is 10.7 Å². The van der Waals surface area contributed by atoms with Crippen LogP contribution in [0.15, 0.2) is 18.5 Å². The van der Waals surface area contributed by atoms with E-state index in [9.17, 15) is 0 Å². The molecule has 17 heavy (non-hydrogen) atoms. The number of rotatable bonds is 3. The van der Waals surface area contributed by atoms with Crippen LogP contribution < -0.4 is 11.1 Å². The highest BCUT2D eigenvalue weighted by atomic mass is 32.1. The fourth-order valence-electron chi connectivity index (χ4n) is 1.40. The molecule has 6 nitrogen and oxygen atoms in total. The van der Waals surface area contributed by atoms with E-state index >= 15 is 0 Å². The summed E-state index contributed by atoms with van der Waals surface area (Å²) < 4.78 is 1.72. The predicted molar refractivity (Wildman–Crippen MR) is 69.1 cm³/mol. The van der Waals surface area contributed by atoms with Gasteiger partial charge in [-0.3, -0.25) is 4.68 Å². The number of anilines is 2. The van der Waals surface area contributed by atoms with Crippen molar-refractivity contribution in [1.29, 1.82) is 0 Å². The van der Waals surface area contributed by atoms with Crippen molar-refractivity contribution in [3.63, 3.8) is 0 Å². The second kappa shape index (κ2) is 4.46. The third-order valence-electron chi connectivity index (χ3n) is 2.17. The zero-order valence-corrected chi connectivity index (χ0v) is 10.3. The van der Waals surface area contributed by atoms with Crippen LogP contribution in [0, 0.1) is 6.92 Å². The fraction of sp³-hybridized carbons (Fsp3) is 0.200. The maximum atomic E-state index is 5.51. The summed E-state index contributed by atoms with van der Waals surface area (Å²) in [5, 5.41) is 7.28. The molecule has 0 aliphatic heterocycles. The SMILES string of the molecule is Cc1nn(C)cc1Nc1nccc(C(N)=S)n1. The van der Waals surface area contributed by atoms with E-state index in [0.29, 0.717) is 11.6 Å². The topological polar surface area (TPSA) is 81.7 Å². The predicted octanol–water partition coefficient (Wildman–Crippen LogP) is 0.896. The number of thiocarbonyl (C=S) groups is 1. The van der Waals surface area contributed by atoms with Crippen LogP contribution in [0.5, 0.6) is 0 Å². The molecule has 88 valence electrons. The van der Waals surface area contributed by atoms with Gasteiger partial charge in [-0.2, -0.15) is 5.10 Å². The van der Waals surface area contributed by atoms with Crippen LogP contribution in [0.4, 0.5) is 11.6 Å². The molecule has 0 fully saturated rings. The number of hydrogen-bond donors (Lipinski definition) is 2. The fourth-order valence-corrected chi connectivity index (χ4v) is 1.51. The summed E-state index contributed by atoms with van der Waals surface area (Å²) in [5.41, 5.74) is 7.77. The number of aromatic nitrogens is 4. The van der Waals surface area contributed by atoms with E-state index in [4.69, 9.17) is 18.0 Å². The summed E-state index contributed by atoms with van der Waals surface area (Å²) in [4.78, 5) is 8.53. The molecule has 2 aromatic rings. The standard InChI is InChI=1S/C10H12N6S/c1-6-8(5-16(2)15-6)14-10-12-4-3-7(13-10)9(11)17/h3-5H,1-2H3,(H2,11,17)(H,12,13,14). The van der Waals surface area contributed by atoms with Gasteiger partial charge in [-0.15, -0.1) is 0 Å². The normalized spacial score (nSPS) is 10.2. The van der Waals surface area contributed by atoms with Crippen LogP contribution in [0.2, 0.25) is 0 Å². The van der Waals surface area contributed by atoms with Crippen LogP contribution in [0.1, 0.15) is 11.4 Å². The van der Waals surface area contributed by atoms with Gasteiger partial charge in [0, 0.05) is 19.4 Å². The first-order valence-corrected chi connectivity index (χ1v) is 5.37. The summed E-state index contributed by atoms with van der Waals surface area (Å²) in [6, 6.07) is 1.67. The van der Waals surface area contributed by atoms with Crippen molar-refractivity contribution in [2.24, 2.45) is 12.8 Å². The number of hydrogen-bond acceptors (Lipinski definition) is 5. The molecule has 0 radical (unpaired) electrons. The molecule has 7 heteroatoms. The van der Waals surface area contributed by atoms with E-state index < -0.39 is 0 Å². The highest BCUT2D eigenvalue weighted by Crippen LogP contribution is 2.15. The molecular weight excluding hydrogens is 236 g/mol. The molecule has 3 N–H and O–H groups in total.